The highest BCUT2D eigenvalue weighted by atomic mass is 16.7. The number of amides is 1. The number of aliphatic hydroxyl groups excluding tert-OH is 8. The third-order valence-corrected chi connectivity index (χ3v) is 12.9. The van der Waals surface area contributed by atoms with Crippen LogP contribution in [0.5, 0.6) is 0 Å². The maximum Gasteiger partial charge on any atom is 0.220 e. The molecule has 1 amide bonds. The molecule has 9 N–H and O–H groups in total. The van der Waals surface area contributed by atoms with Crippen molar-refractivity contribution in [3.8, 4) is 0 Å². The zero-order chi connectivity index (χ0) is 47.5. The Morgan fingerprint density at radius 2 is 1.02 bits per heavy atom. The molecule has 2 aliphatic rings. The van der Waals surface area contributed by atoms with Gasteiger partial charge in [-0.2, -0.15) is 0 Å². The van der Waals surface area contributed by atoms with Crippen LogP contribution >= 0.6 is 0 Å². The summed E-state index contributed by atoms with van der Waals surface area (Å²) >= 11 is 0. The van der Waals surface area contributed by atoms with Gasteiger partial charge >= 0.3 is 0 Å². The van der Waals surface area contributed by atoms with E-state index in [-0.39, 0.29) is 18.9 Å². The average Bonchev–Trinajstić information content (AvgIpc) is 3.30. The Labute approximate surface area is 392 Å². The molecular weight excluding hydrogens is 835 g/mol. The summed E-state index contributed by atoms with van der Waals surface area (Å²) in [6.45, 7) is 2.82. The van der Waals surface area contributed by atoms with Crippen molar-refractivity contribution >= 4 is 5.91 Å². The van der Waals surface area contributed by atoms with Crippen LogP contribution in [0.2, 0.25) is 0 Å². The molecule has 0 aliphatic carbocycles. The summed E-state index contributed by atoms with van der Waals surface area (Å²) in [6, 6.07) is -0.833. The topological polar surface area (TPSA) is 228 Å². The molecule has 2 rings (SSSR count). The third kappa shape index (κ3) is 25.6. The van der Waals surface area contributed by atoms with Gasteiger partial charge < -0.3 is 65.1 Å². The maximum atomic E-state index is 13.2. The van der Waals surface area contributed by atoms with Gasteiger partial charge in [0.1, 0.15) is 48.8 Å². The summed E-state index contributed by atoms with van der Waals surface area (Å²) in [6.07, 6.45) is 24.5. The summed E-state index contributed by atoms with van der Waals surface area (Å²) in [7, 11) is 0. The smallest absolute Gasteiger partial charge is 0.220 e. The first kappa shape index (κ1) is 59.6. The fourth-order valence-electron chi connectivity index (χ4n) is 8.62. The predicted octanol–water partition coefficient (Wildman–Crippen LogP) is 6.94. The number of carbonyl (C=O) groups excluding carboxylic acids is 1. The van der Waals surface area contributed by atoms with E-state index in [0.29, 0.717) is 12.8 Å². The second kappa shape index (κ2) is 38.3. The van der Waals surface area contributed by atoms with Crippen LogP contribution < -0.4 is 5.32 Å². The minimum absolute atomic E-state index is 0.220. The maximum absolute atomic E-state index is 13.2. The van der Waals surface area contributed by atoms with Gasteiger partial charge in [0.05, 0.1) is 32.0 Å². The zero-order valence-corrected chi connectivity index (χ0v) is 40.5. The highest BCUT2D eigenvalue weighted by Crippen LogP contribution is 2.30. The average molecular weight is 930 g/mol. The molecule has 0 aromatic heterocycles. The number of hydrogen-bond acceptors (Lipinski definition) is 13. The van der Waals surface area contributed by atoms with Gasteiger partial charge in [0.2, 0.25) is 5.91 Å². The fourth-order valence-corrected chi connectivity index (χ4v) is 8.62. The standard InChI is InChI=1S/C51H95NO13/c1-3-5-7-9-11-13-15-17-19-21-23-25-27-29-31-33-35-43(56)52-39(40(55)34-32-30-28-26-24-22-20-18-16-14-12-10-8-6-4-2)38-62-50-48(61)46(59)49(42(37-54)64-50)65-51-47(60)45(58)44(57)41(36-53)63-51/h13,15,19,21,39-42,44-51,53-55,57-61H,3-12,14,16-18,20,22-38H2,1-2H3,(H,52,56)/b15-13-,21-19-. The second-order valence-corrected chi connectivity index (χ2v) is 18.7. The van der Waals surface area contributed by atoms with E-state index < -0.39 is 86.8 Å². The van der Waals surface area contributed by atoms with E-state index in [0.717, 1.165) is 70.6 Å². The lowest BCUT2D eigenvalue weighted by atomic mass is 9.97. The summed E-state index contributed by atoms with van der Waals surface area (Å²) < 4.78 is 22.7. The summed E-state index contributed by atoms with van der Waals surface area (Å²) in [5, 5.41) is 86.9. The van der Waals surface area contributed by atoms with E-state index in [1.165, 1.54) is 96.3 Å². The van der Waals surface area contributed by atoms with Gasteiger partial charge in [0, 0.05) is 6.42 Å². The monoisotopic (exact) mass is 930 g/mol. The highest BCUT2D eigenvalue weighted by molar-refractivity contribution is 5.76. The molecular formula is C51H95NO13. The van der Waals surface area contributed by atoms with Gasteiger partial charge in [-0.1, -0.05) is 173 Å². The Bertz CT molecular complexity index is 1190. The number of aliphatic hydroxyl groups is 8. The fraction of sp³-hybridized carbons (Fsp3) is 0.902. The Morgan fingerprint density at radius 3 is 1.55 bits per heavy atom. The molecule has 382 valence electrons. The summed E-state index contributed by atoms with van der Waals surface area (Å²) in [4.78, 5) is 13.2. The molecule has 0 bridgehead atoms. The van der Waals surface area contributed by atoms with Gasteiger partial charge in [0.15, 0.2) is 12.6 Å². The number of nitrogens with one attached hydrogen (secondary N) is 1. The molecule has 0 aromatic carbocycles. The van der Waals surface area contributed by atoms with Gasteiger partial charge in [-0.05, 0) is 44.9 Å². The van der Waals surface area contributed by atoms with Crippen molar-refractivity contribution in [3.05, 3.63) is 24.3 Å². The molecule has 14 nitrogen and oxygen atoms in total. The van der Waals surface area contributed by atoms with Gasteiger partial charge in [-0.3, -0.25) is 4.79 Å². The van der Waals surface area contributed by atoms with Crippen molar-refractivity contribution in [2.75, 3.05) is 19.8 Å². The minimum atomic E-state index is -1.78. The van der Waals surface area contributed by atoms with Crippen molar-refractivity contribution in [1.29, 1.82) is 0 Å². The molecule has 65 heavy (non-hydrogen) atoms. The number of ether oxygens (including phenoxy) is 4. The molecule has 0 spiro atoms. The van der Waals surface area contributed by atoms with Crippen LogP contribution in [0.3, 0.4) is 0 Å². The largest absolute Gasteiger partial charge is 0.394 e. The Morgan fingerprint density at radius 1 is 0.554 bits per heavy atom. The lowest BCUT2D eigenvalue weighted by Crippen LogP contribution is -2.65. The number of hydrogen-bond donors (Lipinski definition) is 9. The van der Waals surface area contributed by atoms with E-state index in [1.54, 1.807) is 0 Å². The summed E-state index contributed by atoms with van der Waals surface area (Å²) in [5.74, 6) is -0.220. The first-order chi connectivity index (χ1) is 31.6. The molecule has 2 aliphatic heterocycles. The van der Waals surface area contributed by atoms with E-state index >= 15 is 0 Å². The predicted molar refractivity (Wildman–Crippen MR) is 254 cm³/mol. The Kier molecular flexibility index (Phi) is 35.1. The van der Waals surface area contributed by atoms with Crippen LogP contribution in [-0.2, 0) is 23.7 Å². The SMILES string of the molecule is CCCCCC/C=C\C/C=C\CCCCCCCC(=O)NC(COC1OC(CO)C(OC2OC(CO)C(O)C(O)C2O)C(O)C1O)C(O)CCCCCCCCCCCCCCCCC. The van der Waals surface area contributed by atoms with Crippen molar-refractivity contribution in [2.24, 2.45) is 0 Å². The van der Waals surface area contributed by atoms with Crippen LogP contribution in [0.1, 0.15) is 200 Å². The molecule has 2 heterocycles. The lowest BCUT2D eigenvalue weighted by molar-refractivity contribution is -0.359. The lowest BCUT2D eigenvalue weighted by Gasteiger charge is -2.46. The van der Waals surface area contributed by atoms with Crippen molar-refractivity contribution in [3.63, 3.8) is 0 Å². The first-order valence-electron chi connectivity index (χ1n) is 26.1. The number of rotatable bonds is 40. The van der Waals surface area contributed by atoms with E-state index in [2.05, 4.69) is 43.5 Å². The number of allylic oxidation sites excluding steroid dienone is 4. The van der Waals surface area contributed by atoms with Crippen molar-refractivity contribution < 1.29 is 64.6 Å². The van der Waals surface area contributed by atoms with E-state index in [1.807, 2.05) is 0 Å². The van der Waals surface area contributed by atoms with Crippen molar-refractivity contribution in [1.82, 2.24) is 5.32 Å². The van der Waals surface area contributed by atoms with Crippen LogP contribution in [-0.4, -0.2) is 140 Å². The second-order valence-electron chi connectivity index (χ2n) is 18.7. The molecule has 0 saturated carbocycles. The molecule has 12 unspecified atom stereocenters. The zero-order valence-electron chi connectivity index (χ0n) is 40.5. The van der Waals surface area contributed by atoms with E-state index in [4.69, 9.17) is 18.9 Å². The van der Waals surface area contributed by atoms with Gasteiger partial charge in [0.25, 0.3) is 0 Å². The third-order valence-electron chi connectivity index (χ3n) is 12.9. The molecule has 2 saturated heterocycles. The highest BCUT2D eigenvalue weighted by Gasteiger charge is 2.51. The molecule has 12 atom stereocenters. The van der Waals surface area contributed by atoms with Crippen LogP contribution in [0.4, 0.5) is 0 Å². The number of unbranched alkanes of at least 4 members (excludes halogenated alkanes) is 23. The molecule has 0 aromatic rings. The Balaban J connectivity index is 1.84. The molecule has 2 fully saturated rings. The Hall–Kier alpha value is -1.53. The van der Waals surface area contributed by atoms with Crippen LogP contribution in [0, 0.1) is 0 Å². The first-order valence-corrected chi connectivity index (χ1v) is 26.1. The molecule has 0 radical (unpaired) electrons. The van der Waals surface area contributed by atoms with Crippen LogP contribution in [0.15, 0.2) is 24.3 Å². The normalized spacial score (nSPS) is 27.2. The van der Waals surface area contributed by atoms with E-state index in [9.17, 15) is 45.6 Å². The summed E-state index contributed by atoms with van der Waals surface area (Å²) in [5.41, 5.74) is 0. The minimum Gasteiger partial charge on any atom is -0.394 e. The van der Waals surface area contributed by atoms with Gasteiger partial charge in [-0.15, -0.1) is 0 Å². The van der Waals surface area contributed by atoms with Gasteiger partial charge in [-0.25, -0.2) is 0 Å². The quantitative estimate of drug-likeness (QED) is 0.0225. The molecule has 14 heteroatoms. The van der Waals surface area contributed by atoms with Crippen LogP contribution in [0.25, 0.3) is 0 Å². The number of carbonyl (C=O) groups is 1. The van der Waals surface area contributed by atoms with Crippen molar-refractivity contribution in [2.45, 2.75) is 274 Å².